The van der Waals surface area contributed by atoms with Gasteiger partial charge in [0.2, 0.25) is 0 Å². The minimum absolute atomic E-state index is 0.113. The molecule has 2 atom stereocenters. The van der Waals surface area contributed by atoms with Gasteiger partial charge in [-0.15, -0.1) is 0 Å². The van der Waals surface area contributed by atoms with Crippen molar-refractivity contribution in [1.82, 2.24) is 5.32 Å². The molecule has 2 heteroatoms. The summed E-state index contributed by atoms with van der Waals surface area (Å²) in [4.78, 5) is 0. The second-order valence-electron chi connectivity index (χ2n) is 6.18. The van der Waals surface area contributed by atoms with E-state index in [1.165, 1.54) is 29.2 Å². The van der Waals surface area contributed by atoms with Crippen molar-refractivity contribution in [2.75, 3.05) is 13.2 Å². The molecule has 1 saturated heterocycles. The number of fused-ring (bicyclic) bond motifs is 1. The van der Waals surface area contributed by atoms with Gasteiger partial charge in [-0.25, -0.2) is 0 Å². The van der Waals surface area contributed by atoms with Crippen molar-refractivity contribution in [2.24, 2.45) is 0 Å². The van der Waals surface area contributed by atoms with E-state index < -0.39 is 0 Å². The third-order valence-electron chi connectivity index (χ3n) is 4.65. The molecule has 21 heavy (non-hydrogen) atoms. The summed E-state index contributed by atoms with van der Waals surface area (Å²) in [6, 6.07) is 15.5. The van der Waals surface area contributed by atoms with E-state index in [4.69, 9.17) is 4.74 Å². The zero-order valence-corrected chi connectivity index (χ0v) is 13.1. The molecule has 0 radical (unpaired) electrons. The summed E-state index contributed by atoms with van der Waals surface area (Å²) in [6.07, 6.45) is 3.56. The van der Waals surface area contributed by atoms with Crippen molar-refractivity contribution >= 4 is 10.8 Å². The summed E-state index contributed by atoms with van der Waals surface area (Å²) in [7, 11) is 0. The van der Waals surface area contributed by atoms with Crippen LogP contribution in [0, 0.1) is 0 Å². The van der Waals surface area contributed by atoms with Crippen molar-refractivity contribution in [3.8, 4) is 0 Å². The molecule has 0 aromatic heterocycles. The Hall–Kier alpha value is -1.38. The number of hydrogen-bond acceptors (Lipinski definition) is 2. The first kappa shape index (κ1) is 14.6. The van der Waals surface area contributed by atoms with Gasteiger partial charge in [-0.05, 0) is 49.1 Å². The molecular formula is C19H25NO. The van der Waals surface area contributed by atoms with Crippen LogP contribution in [0.5, 0.6) is 0 Å². The minimum Gasteiger partial charge on any atom is -0.373 e. The molecule has 112 valence electrons. The van der Waals surface area contributed by atoms with E-state index in [1.54, 1.807) is 0 Å². The van der Waals surface area contributed by atoms with Crippen LogP contribution in [-0.2, 0) is 4.74 Å². The summed E-state index contributed by atoms with van der Waals surface area (Å²) < 4.78 is 6.22. The van der Waals surface area contributed by atoms with Gasteiger partial charge in [-0.1, -0.05) is 49.4 Å². The maximum atomic E-state index is 6.22. The van der Waals surface area contributed by atoms with Crippen LogP contribution >= 0.6 is 0 Å². The lowest BCUT2D eigenvalue weighted by Gasteiger charge is -2.41. The number of nitrogens with one attached hydrogen (secondary N) is 1. The molecule has 1 aliphatic rings. The average molecular weight is 283 g/mol. The smallest absolute Gasteiger partial charge is 0.0848 e. The summed E-state index contributed by atoms with van der Waals surface area (Å²) in [5.74, 6) is 0. The molecule has 0 bridgehead atoms. The third-order valence-corrected chi connectivity index (χ3v) is 4.65. The highest BCUT2D eigenvalue weighted by atomic mass is 16.5. The largest absolute Gasteiger partial charge is 0.373 e. The molecule has 1 fully saturated rings. The maximum absolute atomic E-state index is 6.22. The zero-order chi connectivity index (χ0) is 14.7. The Balaban J connectivity index is 2.07. The van der Waals surface area contributed by atoms with Gasteiger partial charge in [0, 0.05) is 6.61 Å². The molecule has 1 aliphatic heterocycles. The SMILES string of the molecule is CCNC(c1cccc2ccccc12)C1(C)CCCCO1. The van der Waals surface area contributed by atoms with E-state index in [2.05, 4.69) is 61.6 Å². The minimum atomic E-state index is -0.113. The van der Waals surface area contributed by atoms with Gasteiger partial charge in [0.15, 0.2) is 0 Å². The number of benzene rings is 2. The Morgan fingerprint density at radius 3 is 2.71 bits per heavy atom. The topological polar surface area (TPSA) is 21.3 Å². The predicted molar refractivity (Wildman–Crippen MR) is 88.6 cm³/mol. The van der Waals surface area contributed by atoms with Crippen LogP contribution in [0.3, 0.4) is 0 Å². The Labute approximate surface area is 127 Å². The summed E-state index contributed by atoms with van der Waals surface area (Å²) in [5.41, 5.74) is 1.25. The summed E-state index contributed by atoms with van der Waals surface area (Å²) in [5, 5.41) is 6.31. The molecule has 1 N–H and O–H groups in total. The van der Waals surface area contributed by atoms with Gasteiger partial charge < -0.3 is 10.1 Å². The van der Waals surface area contributed by atoms with Gasteiger partial charge in [0.1, 0.15) is 0 Å². The highest BCUT2D eigenvalue weighted by Crippen LogP contribution is 2.39. The van der Waals surface area contributed by atoms with Crippen LogP contribution in [0.2, 0.25) is 0 Å². The van der Waals surface area contributed by atoms with Gasteiger partial charge >= 0.3 is 0 Å². The standard InChI is InChI=1S/C19H25NO/c1-3-20-18(19(2)13-6-7-14-21-19)17-12-8-10-15-9-4-5-11-16(15)17/h4-5,8-12,18,20H,3,6-7,13-14H2,1-2H3. The van der Waals surface area contributed by atoms with E-state index in [0.29, 0.717) is 0 Å². The fourth-order valence-corrected chi connectivity index (χ4v) is 3.54. The average Bonchev–Trinajstić information content (AvgIpc) is 2.53. The van der Waals surface area contributed by atoms with Crippen LogP contribution in [0.25, 0.3) is 10.8 Å². The number of rotatable bonds is 4. The Bertz CT molecular complexity index is 596. The lowest BCUT2D eigenvalue weighted by Crippen LogP contribution is -2.46. The fourth-order valence-electron chi connectivity index (χ4n) is 3.54. The predicted octanol–water partition coefficient (Wildman–Crippen LogP) is 4.45. The molecule has 0 amide bonds. The highest BCUT2D eigenvalue weighted by molar-refractivity contribution is 5.86. The van der Waals surface area contributed by atoms with Crippen molar-refractivity contribution in [1.29, 1.82) is 0 Å². The summed E-state index contributed by atoms with van der Waals surface area (Å²) >= 11 is 0. The molecule has 1 heterocycles. The molecule has 2 nitrogen and oxygen atoms in total. The number of likely N-dealkylation sites (N-methyl/N-ethyl adjacent to an activating group) is 1. The Morgan fingerprint density at radius 1 is 1.14 bits per heavy atom. The highest BCUT2D eigenvalue weighted by Gasteiger charge is 2.37. The fraction of sp³-hybridized carbons (Fsp3) is 0.474. The summed E-state index contributed by atoms with van der Waals surface area (Å²) in [6.45, 7) is 6.27. The van der Waals surface area contributed by atoms with Gasteiger partial charge in [-0.2, -0.15) is 0 Å². The first-order valence-corrected chi connectivity index (χ1v) is 8.09. The monoisotopic (exact) mass is 283 g/mol. The van der Waals surface area contributed by atoms with E-state index in [1.807, 2.05) is 0 Å². The molecule has 0 spiro atoms. The molecular weight excluding hydrogens is 258 g/mol. The van der Waals surface area contributed by atoms with Gasteiger partial charge in [0.05, 0.1) is 11.6 Å². The van der Waals surface area contributed by atoms with Gasteiger partial charge in [-0.3, -0.25) is 0 Å². The van der Waals surface area contributed by atoms with Crippen molar-refractivity contribution in [2.45, 2.75) is 44.8 Å². The quantitative estimate of drug-likeness (QED) is 0.895. The van der Waals surface area contributed by atoms with E-state index in [9.17, 15) is 0 Å². The second kappa shape index (κ2) is 6.17. The van der Waals surface area contributed by atoms with Crippen LogP contribution in [0.15, 0.2) is 42.5 Å². The van der Waals surface area contributed by atoms with E-state index in [-0.39, 0.29) is 11.6 Å². The molecule has 3 rings (SSSR count). The lowest BCUT2D eigenvalue weighted by molar-refractivity contribution is -0.0892. The van der Waals surface area contributed by atoms with Crippen molar-refractivity contribution in [3.05, 3.63) is 48.0 Å². The van der Waals surface area contributed by atoms with Crippen LogP contribution < -0.4 is 5.32 Å². The van der Waals surface area contributed by atoms with Crippen molar-refractivity contribution in [3.63, 3.8) is 0 Å². The normalized spacial score (nSPS) is 24.1. The van der Waals surface area contributed by atoms with Crippen LogP contribution in [0.1, 0.15) is 44.7 Å². The Kier molecular flexibility index (Phi) is 4.27. The lowest BCUT2D eigenvalue weighted by atomic mass is 9.82. The second-order valence-corrected chi connectivity index (χ2v) is 6.18. The first-order chi connectivity index (χ1) is 10.2. The first-order valence-electron chi connectivity index (χ1n) is 8.09. The molecule has 2 aromatic rings. The van der Waals surface area contributed by atoms with Crippen LogP contribution in [-0.4, -0.2) is 18.8 Å². The van der Waals surface area contributed by atoms with Crippen molar-refractivity contribution < 1.29 is 4.74 Å². The number of ether oxygens (including phenoxy) is 1. The van der Waals surface area contributed by atoms with Crippen LogP contribution in [0.4, 0.5) is 0 Å². The molecule has 2 aromatic carbocycles. The Morgan fingerprint density at radius 2 is 1.95 bits per heavy atom. The zero-order valence-electron chi connectivity index (χ0n) is 13.1. The van der Waals surface area contributed by atoms with E-state index >= 15 is 0 Å². The molecule has 2 unspecified atom stereocenters. The molecule has 0 saturated carbocycles. The maximum Gasteiger partial charge on any atom is 0.0848 e. The third kappa shape index (κ3) is 2.83. The number of hydrogen-bond donors (Lipinski definition) is 1. The van der Waals surface area contributed by atoms with E-state index in [0.717, 1.165) is 19.6 Å². The van der Waals surface area contributed by atoms with Gasteiger partial charge in [0.25, 0.3) is 0 Å². The molecule has 0 aliphatic carbocycles.